The van der Waals surface area contributed by atoms with Crippen molar-refractivity contribution in [3.63, 3.8) is 0 Å². The molecule has 0 N–H and O–H groups in total. The molecule has 25 heavy (non-hydrogen) atoms. The molecule has 2 unspecified atom stereocenters. The molecule has 1 rings (SSSR count). The quantitative estimate of drug-likeness (QED) is 0.258. The summed E-state index contributed by atoms with van der Waals surface area (Å²) in [6.45, 7) is 4.32. The molecule has 1 aliphatic heterocycles. The standard InChI is InChI=1S/C19H34O6/c1-5-6-7-12-18-17(24-14-22-4)11-9-8-10-16(23-13-21-3)15(2)19(20)25-18/h8,10,15-18H,5-7,9,11-14H2,1-4H3/b10-8-/t15-,16?,17?,18+/m0/s1. The third kappa shape index (κ3) is 8.31. The van der Waals surface area contributed by atoms with E-state index in [9.17, 15) is 4.79 Å². The van der Waals surface area contributed by atoms with E-state index in [-0.39, 0.29) is 37.9 Å². The molecule has 0 amide bonds. The predicted octanol–water partition coefficient (Wildman–Crippen LogP) is 3.44. The van der Waals surface area contributed by atoms with Crippen LogP contribution in [0.1, 0.15) is 52.4 Å². The van der Waals surface area contributed by atoms with Gasteiger partial charge in [-0.2, -0.15) is 0 Å². The van der Waals surface area contributed by atoms with Crippen LogP contribution in [0.2, 0.25) is 0 Å². The Labute approximate surface area is 151 Å². The first kappa shape index (κ1) is 22.1. The van der Waals surface area contributed by atoms with Gasteiger partial charge >= 0.3 is 5.97 Å². The Morgan fingerprint density at radius 2 is 1.88 bits per heavy atom. The second kappa shape index (κ2) is 13.3. The number of carbonyl (C=O) groups is 1. The highest BCUT2D eigenvalue weighted by molar-refractivity contribution is 5.73. The van der Waals surface area contributed by atoms with Crippen molar-refractivity contribution in [1.82, 2.24) is 0 Å². The minimum Gasteiger partial charge on any atom is -0.459 e. The van der Waals surface area contributed by atoms with E-state index >= 15 is 0 Å². The van der Waals surface area contributed by atoms with Gasteiger partial charge in [-0.3, -0.25) is 4.79 Å². The number of unbranched alkanes of at least 4 members (excludes halogenated alkanes) is 2. The molecule has 1 heterocycles. The summed E-state index contributed by atoms with van der Waals surface area (Å²) in [5, 5.41) is 0. The summed E-state index contributed by atoms with van der Waals surface area (Å²) in [6, 6.07) is 0. The van der Waals surface area contributed by atoms with Gasteiger partial charge in [0.1, 0.15) is 19.7 Å². The molecule has 0 radical (unpaired) electrons. The maximum absolute atomic E-state index is 12.6. The number of methoxy groups -OCH3 is 2. The molecule has 6 nitrogen and oxygen atoms in total. The van der Waals surface area contributed by atoms with Gasteiger partial charge in [0, 0.05) is 14.2 Å². The van der Waals surface area contributed by atoms with Gasteiger partial charge in [0.25, 0.3) is 0 Å². The fourth-order valence-electron chi connectivity index (χ4n) is 2.84. The van der Waals surface area contributed by atoms with Gasteiger partial charge < -0.3 is 23.7 Å². The molecular formula is C19H34O6. The van der Waals surface area contributed by atoms with Gasteiger partial charge in [0.15, 0.2) is 0 Å². The number of esters is 1. The van der Waals surface area contributed by atoms with E-state index in [2.05, 4.69) is 6.92 Å². The fourth-order valence-corrected chi connectivity index (χ4v) is 2.84. The lowest BCUT2D eigenvalue weighted by atomic mass is 9.98. The molecule has 0 aromatic carbocycles. The van der Waals surface area contributed by atoms with Crippen molar-refractivity contribution in [3.05, 3.63) is 12.2 Å². The predicted molar refractivity (Wildman–Crippen MR) is 95.1 cm³/mol. The van der Waals surface area contributed by atoms with E-state index in [4.69, 9.17) is 23.7 Å². The summed E-state index contributed by atoms with van der Waals surface area (Å²) in [5.41, 5.74) is 0. The van der Waals surface area contributed by atoms with Crippen LogP contribution in [0.15, 0.2) is 12.2 Å². The van der Waals surface area contributed by atoms with Crippen LogP contribution in [0, 0.1) is 5.92 Å². The molecule has 4 atom stereocenters. The van der Waals surface area contributed by atoms with Crippen LogP contribution in [0.4, 0.5) is 0 Å². The summed E-state index contributed by atoms with van der Waals surface area (Å²) in [4.78, 5) is 12.6. The van der Waals surface area contributed by atoms with Crippen molar-refractivity contribution >= 4 is 5.97 Å². The number of carbonyl (C=O) groups excluding carboxylic acids is 1. The molecule has 1 aliphatic rings. The first-order valence-corrected chi connectivity index (χ1v) is 9.22. The van der Waals surface area contributed by atoms with Gasteiger partial charge in [0.05, 0.1) is 18.1 Å². The van der Waals surface area contributed by atoms with Crippen molar-refractivity contribution in [3.8, 4) is 0 Å². The van der Waals surface area contributed by atoms with Crippen molar-refractivity contribution < 1.29 is 28.5 Å². The largest absolute Gasteiger partial charge is 0.459 e. The third-order valence-electron chi connectivity index (χ3n) is 4.36. The van der Waals surface area contributed by atoms with Crippen molar-refractivity contribution in [2.75, 3.05) is 27.8 Å². The molecule has 0 saturated heterocycles. The lowest BCUT2D eigenvalue weighted by Gasteiger charge is -2.30. The zero-order chi connectivity index (χ0) is 18.5. The molecule has 0 aromatic rings. The minimum atomic E-state index is -0.402. The normalized spacial score (nSPS) is 29.2. The van der Waals surface area contributed by atoms with Crippen LogP contribution in [0.5, 0.6) is 0 Å². The summed E-state index contributed by atoms with van der Waals surface area (Å²) < 4.78 is 27.2. The Hall–Kier alpha value is -0.950. The van der Waals surface area contributed by atoms with Gasteiger partial charge in [-0.1, -0.05) is 31.9 Å². The van der Waals surface area contributed by atoms with E-state index in [1.807, 2.05) is 19.1 Å². The third-order valence-corrected chi connectivity index (χ3v) is 4.36. The number of hydrogen-bond acceptors (Lipinski definition) is 6. The molecular weight excluding hydrogens is 324 g/mol. The summed E-state index contributed by atoms with van der Waals surface area (Å²) in [7, 11) is 3.16. The van der Waals surface area contributed by atoms with E-state index in [1.54, 1.807) is 14.2 Å². The number of cyclic esters (lactones) is 1. The average Bonchev–Trinajstić information content (AvgIpc) is 2.61. The van der Waals surface area contributed by atoms with Crippen LogP contribution in [-0.2, 0) is 28.5 Å². The van der Waals surface area contributed by atoms with Crippen molar-refractivity contribution in [1.29, 1.82) is 0 Å². The van der Waals surface area contributed by atoms with Crippen LogP contribution in [-0.4, -0.2) is 52.1 Å². The smallest absolute Gasteiger partial charge is 0.312 e. The number of allylic oxidation sites excluding steroid dienone is 1. The van der Waals surface area contributed by atoms with E-state index in [1.165, 1.54) is 0 Å². The average molecular weight is 358 g/mol. The molecule has 0 fully saturated rings. The summed E-state index contributed by atoms with van der Waals surface area (Å²) >= 11 is 0. The highest BCUT2D eigenvalue weighted by Crippen LogP contribution is 2.23. The molecule has 0 saturated carbocycles. The SMILES string of the molecule is CCCCC[C@H]1OC(=O)[C@@H](C)C(OCOC)/C=C\CCC1OCOC. The van der Waals surface area contributed by atoms with Gasteiger partial charge in [-0.15, -0.1) is 0 Å². The maximum atomic E-state index is 12.6. The lowest BCUT2D eigenvalue weighted by Crippen LogP contribution is -2.38. The number of ether oxygens (including phenoxy) is 5. The Kier molecular flexibility index (Phi) is 11.7. The topological polar surface area (TPSA) is 63.2 Å². The fraction of sp³-hybridized carbons (Fsp3) is 0.842. The van der Waals surface area contributed by atoms with Crippen LogP contribution in [0.3, 0.4) is 0 Å². The summed E-state index contributed by atoms with van der Waals surface area (Å²) in [6.07, 6.45) is 8.84. The van der Waals surface area contributed by atoms with Gasteiger partial charge in [0.2, 0.25) is 0 Å². The van der Waals surface area contributed by atoms with Crippen LogP contribution < -0.4 is 0 Å². The van der Waals surface area contributed by atoms with Crippen LogP contribution >= 0.6 is 0 Å². The van der Waals surface area contributed by atoms with Crippen molar-refractivity contribution in [2.24, 2.45) is 5.92 Å². The number of hydrogen-bond donors (Lipinski definition) is 0. The Balaban J connectivity index is 2.84. The molecule has 146 valence electrons. The molecule has 6 heteroatoms. The lowest BCUT2D eigenvalue weighted by molar-refractivity contribution is -0.176. The van der Waals surface area contributed by atoms with E-state index in [0.717, 1.165) is 38.5 Å². The Bertz CT molecular complexity index is 384. The first-order valence-electron chi connectivity index (χ1n) is 9.22. The second-order valence-electron chi connectivity index (χ2n) is 6.41. The minimum absolute atomic E-state index is 0.145. The highest BCUT2D eigenvalue weighted by Gasteiger charge is 2.31. The number of rotatable bonds is 10. The Morgan fingerprint density at radius 1 is 1.16 bits per heavy atom. The van der Waals surface area contributed by atoms with E-state index in [0.29, 0.717) is 0 Å². The first-order chi connectivity index (χ1) is 12.1. The molecule has 0 aliphatic carbocycles. The summed E-state index contributed by atoms with van der Waals surface area (Å²) in [5.74, 6) is -0.665. The van der Waals surface area contributed by atoms with Gasteiger partial charge in [-0.05, 0) is 32.6 Å². The van der Waals surface area contributed by atoms with Gasteiger partial charge in [-0.25, -0.2) is 0 Å². The highest BCUT2D eigenvalue weighted by atomic mass is 16.7. The zero-order valence-corrected chi connectivity index (χ0v) is 16.1. The molecule has 0 spiro atoms. The van der Waals surface area contributed by atoms with Crippen molar-refractivity contribution in [2.45, 2.75) is 70.7 Å². The molecule has 0 aromatic heterocycles. The maximum Gasteiger partial charge on any atom is 0.312 e. The Morgan fingerprint density at radius 3 is 2.56 bits per heavy atom. The second-order valence-corrected chi connectivity index (χ2v) is 6.41. The van der Waals surface area contributed by atoms with Crippen LogP contribution in [0.25, 0.3) is 0 Å². The molecule has 0 bridgehead atoms. The monoisotopic (exact) mass is 358 g/mol. The van der Waals surface area contributed by atoms with E-state index < -0.39 is 5.92 Å². The zero-order valence-electron chi connectivity index (χ0n) is 16.1.